The largest absolute Gasteiger partial charge is 0.467 e. The highest BCUT2D eigenvalue weighted by atomic mass is 32.1. The van der Waals surface area contributed by atoms with Crippen LogP contribution >= 0.6 is 12.2 Å². The molecule has 5 N–H and O–H groups in total. The Morgan fingerprint density at radius 2 is 2.25 bits per heavy atom. The van der Waals surface area contributed by atoms with Gasteiger partial charge in [0, 0.05) is 0 Å². The third kappa shape index (κ3) is 1.72. The van der Waals surface area contributed by atoms with Crippen molar-refractivity contribution < 1.29 is 4.42 Å². The Bertz CT molecular complexity index is 611. The number of H-pyrrole nitrogens is 1. The first-order valence-corrected chi connectivity index (χ1v) is 4.91. The maximum absolute atomic E-state index is 11.3. The molecule has 0 unspecified atom stereocenters. The fourth-order valence-corrected chi connectivity index (χ4v) is 1.57. The highest BCUT2D eigenvalue weighted by molar-refractivity contribution is 7.71. The van der Waals surface area contributed by atoms with Gasteiger partial charge in [-0.15, -0.1) is 0 Å². The van der Waals surface area contributed by atoms with Crippen molar-refractivity contribution in [3.8, 4) is 0 Å². The summed E-state index contributed by atoms with van der Waals surface area (Å²) >= 11 is 4.99. The molecule has 0 radical (unpaired) electrons. The van der Waals surface area contributed by atoms with Crippen molar-refractivity contribution in [2.45, 2.75) is 6.54 Å². The van der Waals surface area contributed by atoms with Crippen molar-refractivity contribution in [3.05, 3.63) is 39.3 Å². The molecule has 2 heterocycles. The van der Waals surface area contributed by atoms with Gasteiger partial charge in [0.15, 0.2) is 4.77 Å². The van der Waals surface area contributed by atoms with Crippen molar-refractivity contribution in [2.75, 3.05) is 11.5 Å². The molecule has 0 amide bonds. The summed E-state index contributed by atoms with van der Waals surface area (Å²) in [6.45, 7) is 0.332. The molecule has 7 heteroatoms. The minimum Gasteiger partial charge on any atom is -0.467 e. The van der Waals surface area contributed by atoms with Crippen molar-refractivity contribution >= 4 is 23.7 Å². The second kappa shape index (κ2) is 3.86. The average Bonchev–Trinajstić information content (AvgIpc) is 2.74. The van der Waals surface area contributed by atoms with Gasteiger partial charge in [-0.3, -0.25) is 14.3 Å². The molecule has 0 saturated carbocycles. The quantitative estimate of drug-likeness (QED) is 0.669. The van der Waals surface area contributed by atoms with Crippen molar-refractivity contribution in [1.29, 1.82) is 0 Å². The van der Waals surface area contributed by atoms with Gasteiger partial charge >= 0.3 is 0 Å². The Kier molecular flexibility index (Phi) is 2.53. The monoisotopic (exact) mass is 238 g/mol. The number of hydrogen-bond donors (Lipinski definition) is 3. The SMILES string of the molecule is Nc1c(N)n(Cc2ccco2)c(=S)[nH]c1=O. The average molecular weight is 238 g/mol. The van der Waals surface area contributed by atoms with Crippen LogP contribution in [0.5, 0.6) is 0 Å². The zero-order valence-corrected chi connectivity index (χ0v) is 9.08. The van der Waals surface area contributed by atoms with Crippen LogP contribution in [0.4, 0.5) is 11.5 Å². The van der Waals surface area contributed by atoms with E-state index >= 15 is 0 Å². The number of nitrogen functional groups attached to an aromatic ring is 2. The molecule has 0 aromatic carbocycles. The number of nitrogens with zero attached hydrogens (tertiary/aromatic N) is 1. The highest BCUT2D eigenvalue weighted by Crippen LogP contribution is 2.12. The molecule has 0 aliphatic rings. The van der Waals surface area contributed by atoms with Gasteiger partial charge in [0.1, 0.15) is 17.3 Å². The van der Waals surface area contributed by atoms with Gasteiger partial charge in [-0.2, -0.15) is 0 Å². The zero-order chi connectivity index (χ0) is 11.7. The van der Waals surface area contributed by atoms with E-state index < -0.39 is 5.56 Å². The van der Waals surface area contributed by atoms with E-state index in [0.717, 1.165) is 0 Å². The van der Waals surface area contributed by atoms with E-state index in [1.165, 1.54) is 4.57 Å². The van der Waals surface area contributed by atoms with E-state index in [2.05, 4.69) is 4.98 Å². The summed E-state index contributed by atoms with van der Waals surface area (Å²) in [5.41, 5.74) is 10.7. The summed E-state index contributed by atoms with van der Waals surface area (Å²) < 4.78 is 6.88. The summed E-state index contributed by atoms with van der Waals surface area (Å²) in [5.74, 6) is 0.819. The lowest BCUT2D eigenvalue weighted by molar-refractivity contribution is 0.491. The van der Waals surface area contributed by atoms with E-state index in [1.54, 1.807) is 18.4 Å². The third-order valence-electron chi connectivity index (χ3n) is 2.17. The van der Waals surface area contributed by atoms with E-state index in [-0.39, 0.29) is 16.3 Å². The lowest BCUT2D eigenvalue weighted by Gasteiger charge is -2.10. The lowest BCUT2D eigenvalue weighted by atomic mass is 10.4. The molecule has 0 aliphatic heterocycles. The van der Waals surface area contributed by atoms with E-state index in [0.29, 0.717) is 12.3 Å². The standard InChI is InChI=1S/C9H10N4O2S/c10-6-7(11)13(9(16)12-8(6)14)4-5-2-1-3-15-5/h1-3H,4,10-11H2,(H,12,14,16). The Balaban J connectivity index is 2.53. The number of aromatic amines is 1. The number of hydrogen-bond acceptors (Lipinski definition) is 5. The smallest absolute Gasteiger partial charge is 0.277 e. The minimum absolute atomic E-state index is 0.0415. The van der Waals surface area contributed by atoms with Gasteiger partial charge in [-0.25, -0.2) is 0 Å². The molecule has 0 spiro atoms. The Hall–Kier alpha value is -2.02. The Labute approximate surface area is 95.5 Å². The van der Waals surface area contributed by atoms with E-state index in [9.17, 15) is 4.79 Å². The summed E-state index contributed by atoms with van der Waals surface area (Å²) in [6.07, 6.45) is 1.55. The third-order valence-corrected chi connectivity index (χ3v) is 2.49. The first-order valence-electron chi connectivity index (χ1n) is 4.50. The van der Waals surface area contributed by atoms with Crippen LogP contribution in [-0.2, 0) is 6.54 Å². The fraction of sp³-hybridized carbons (Fsp3) is 0.111. The predicted octanol–water partition coefficient (Wildman–Crippen LogP) is 0.712. The number of rotatable bonds is 2. The second-order valence-corrected chi connectivity index (χ2v) is 3.61. The van der Waals surface area contributed by atoms with E-state index in [4.69, 9.17) is 28.1 Å². The first-order chi connectivity index (χ1) is 7.59. The van der Waals surface area contributed by atoms with Crippen LogP contribution < -0.4 is 17.0 Å². The van der Waals surface area contributed by atoms with Gasteiger partial charge < -0.3 is 15.9 Å². The molecule has 0 atom stereocenters. The molecule has 0 saturated heterocycles. The van der Waals surface area contributed by atoms with Crippen molar-refractivity contribution in [1.82, 2.24) is 9.55 Å². The zero-order valence-electron chi connectivity index (χ0n) is 8.27. The maximum Gasteiger partial charge on any atom is 0.277 e. The van der Waals surface area contributed by atoms with Crippen molar-refractivity contribution in [2.24, 2.45) is 0 Å². The summed E-state index contributed by atoms with van der Waals surface area (Å²) in [6, 6.07) is 3.53. The predicted molar refractivity (Wildman–Crippen MR) is 62.5 cm³/mol. The minimum atomic E-state index is -0.474. The lowest BCUT2D eigenvalue weighted by Crippen LogP contribution is -2.21. The van der Waals surface area contributed by atoms with Gasteiger partial charge in [0.05, 0.1) is 12.8 Å². The highest BCUT2D eigenvalue weighted by Gasteiger charge is 2.08. The summed E-state index contributed by atoms with van der Waals surface area (Å²) in [7, 11) is 0. The normalized spacial score (nSPS) is 10.5. The Morgan fingerprint density at radius 1 is 1.50 bits per heavy atom. The topological polar surface area (TPSA) is 103 Å². The molecule has 0 aliphatic carbocycles. The van der Waals surface area contributed by atoms with Crippen LogP contribution in [0.15, 0.2) is 27.6 Å². The van der Waals surface area contributed by atoms with Crippen molar-refractivity contribution in [3.63, 3.8) is 0 Å². The molecular weight excluding hydrogens is 228 g/mol. The molecule has 0 bridgehead atoms. The number of aromatic nitrogens is 2. The maximum atomic E-state index is 11.3. The van der Waals surface area contributed by atoms with Gasteiger partial charge in [0.25, 0.3) is 5.56 Å². The molecule has 6 nitrogen and oxygen atoms in total. The van der Waals surface area contributed by atoms with Gasteiger partial charge in [0.2, 0.25) is 0 Å². The number of furan rings is 1. The number of nitrogens with two attached hydrogens (primary N) is 2. The molecule has 16 heavy (non-hydrogen) atoms. The second-order valence-electron chi connectivity index (χ2n) is 3.22. The van der Waals surface area contributed by atoms with Gasteiger partial charge in [-0.05, 0) is 24.4 Å². The number of anilines is 2. The molecular formula is C9H10N4O2S. The van der Waals surface area contributed by atoms with Crippen LogP contribution in [0.25, 0.3) is 0 Å². The molecule has 2 aromatic rings. The van der Waals surface area contributed by atoms with Gasteiger partial charge in [-0.1, -0.05) is 0 Å². The van der Waals surface area contributed by atoms with Crippen LogP contribution in [0.3, 0.4) is 0 Å². The first kappa shape index (κ1) is 10.5. The van der Waals surface area contributed by atoms with Crippen LogP contribution in [0.2, 0.25) is 0 Å². The Morgan fingerprint density at radius 3 is 2.88 bits per heavy atom. The molecule has 2 aromatic heterocycles. The molecule has 84 valence electrons. The van der Waals surface area contributed by atoms with Crippen LogP contribution in [0, 0.1) is 4.77 Å². The van der Waals surface area contributed by atoms with Crippen LogP contribution in [-0.4, -0.2) is 9.55 Å². The van der Waals surface area contributed by atoms with Crippen LogP contribution in [0.1, 0.15) is 5.76 Å². The number of nitrogens with one attached hydrogen (secondary N) is 1. The van der Waals surface area contributed by atoms with E-state index in [1.807, 2.05) is 0 Å². The summed E-state index contributed by atoms with van der Waals surface area (Å²) in [4.78, 5) is 13.7. The molecule has 0 fully saturated rings. The molecule has 2 rings (SSSR count). The summed E-state index contributed by atoms with van der Waals surface area (Å²) in [5, 5.41) is 0. The fourth-order valence-electron chi connectivity index (χ4n) is 1.32.